The Kier molecular flexibility index (Phi) is 6.12. The van der Waals surface area contributed by atoms with Crippen LogP contribution in [-0.4, -0.2) is 43.3 Å². The SMILES string of the molecule is CCN1CCN(c2ccc(/C(C)=N\Nc3ccc(Cl)cc3)cc2F)CC1. The monoisotopic (exact) mass is 374 g/mol. The molecule has 1 N–H and O–H groups in total. The Hall–Kier alpha value is -2.11. The normalized spacial score (nSPS) is 16.0. The average Bonchev–Trinajstić information content (AvgIpc) is 2.67. The van der Waals surface area contributed by atoms with Crippen molar-refractivity contribution in [1.29, 1.82) is 0 Å². The van der Waals surface area contributed by atoms with Crippen LogP contribution in [0.1, 0.15) is 19.4 Å². The number of likely N-dealkylation sites (N-methyl/N-ethyl adjacent to an activating group) is 1. The first kappa shape index (κ1) is 18.7. The number of nitrogens with one attached hydrogen (secondary N) is 1. The second-order valence-corrected chi connectivity index (χ2v) is 6.84. The Balaban J connectivity index is 1.68. The van der Waals surface area contributed by atoms with Crippen LogP contribution in [0.4, 0.5) is 15.8 Å². The molecular formula is C20H24ClFN4. The van der Waals surface area contributed by atoms with E-state index in [0.717, 1.165) is 49.7 Å². The van der Waals surface area contributed by atoms with Crippen molar-refractivity contribution in [1.82, 2.24) is 4.90 Å². The molecule has 0 aromatic heterocycles. The molecule has 26 heavy (non-hydrogen) atoms. The van der Waals surface area contributed by atoms with Gasteiger partial charge in [-0.15, -0.1) is 0 Å². The van der Waals surface area contributed by atoms with Crippen LogP contribution < -0.4 is 10.3 Å². The van der Waals surface area contributed by atoms with Crippen LogP contribution in [0.2, 0.25) is 5.02 Å². The quantitative estimate of drug-likeness (QED) is 0.619. The third-order valence-corrected chi connectivity index (χ3v) is 4.97. The lowest BCUT2D eigenvalue weighted by molar-refractivity contribution is 0.270. The smallest absolute Gasteiger partial charge is 0.147 e. The van der Waals surface area contributed by atoms with Gasteiger partial charge in [-0.2, -0.15) is 5.10 Å². The Morgan fingerprint density at radius 3 is 2.42 bits per heavy atom. The maximum absolute atomic E-state index is 14.6. The maximum Gasteiger partial charge on any atom is 0.147 e. The zero-order valence-electron chi connectivity index (χ0n) is 15.2. The molecule has 6 heteroatoms. The molecule has 0 aliphatic carbocycles. The van der Waals surface area contributed by atoms with Crippen molar-refractivity contribution in [2.45, 2.75) is 13.8 Å². The molecule has 0 atom stereocenters. The summed E-state index contributed by atoms with van der Waals surface area (Å²) in [6.07, 6.45) is 0. The molecule has 1 aliphatic heterocycles. The highest BCUT2D eigenvalue weighted by Crippen LogP contribution is 2.22. The standard InChI is InChI=1S/C20H24ClFN4/c1-3-25-10-12-26(13-11-25)20-9-4-16(14-19(20)22)15(2)23-24-18-7-5-17(21)6-8-18/h4-9,14,24H,3,10-13H2,1-2H3/b23-15-. The molecule has 1 heterocycles. The van der Waals surface area contributed by atoms with E-state index in [9.17, 15) is 4.39 Å². The van der Waals surface area contributed by atoms with E-state index in [0.29, 0.717) is 10.7 Å². The summed E-state index contributed by atoms with van der Waals surface area (Å²) in [4.78, 5) is 4.49. The fourth-order valence-electron chi connectivity index (χ4n) is 3.03. The lowest BCUT2D eigenvalue weighted by Gasteiger charge is -2.35. The molecule has 3 rings (SSSR count). The lowest BCUT2D eigenvalue weighted by atomic mass is 10.1. The molecule has 4 nitrogen and oxygen atoms in total. The minimum Gasteiger partial charge on any atom is -0.367 e. The fourth-order valence-corrected chi connectivity index (χ4v) is 3.16. The number of hydrogen-bond acceptors (Lipinski definition) is 4. The number of halogens is 2. The molecule has 1 saturated heterocycles. The highest BCUT2D eigenvalue weighted by molar-refractivity contribution is 6.30. The number of piperazine rings is 1. The highest BCUT2D eigenvalue weighted by atomic mass is 35.5. The second-order valence-electron chi connectivity index (χ2n) is 6.40. The van der Waals surface area contributed by atoms with Gasteiger partial charge in [0, 0.05) is 36.8 Å². The van der Waals surface area contributed by atoms with Gasteiger partial charge in [-0.1, -0.05) is 24.6 Å². The van der Waals surface area contributed by atoms with E-state index in [1.165, 1.54) is 0 Å². The summed E-state index contributed by atoms with van der Waals surface area (Å²) in [7, 11) is 0. The number of rotatable bonds is 5. The van der Waals surface area contributed by atoms with E-state index in [4.69, 9.17) is 11.6 Å². The molecule has 2 aromatic carbocycles. The summed E-state index contributed by atoms with van der Waals surface area (Å²) in [6, 6.07) is 12.6. The van der Waals surface area contributed by atoms with Crippen molar-refractivity contribution in [2.24, 2.45) is 5.10 Å². The molecule has 0 spiro atoms. The van der Waals surface area contributed by atoms with E-state index in [-0.39, 0.29) is 5.82 Å². The van der Waals surface area contributed by atoms with Crippen molar-refractivity contribution in [3.05, 3.63) is 58.9 Å². The third kappa shape index (κ3) is 4.54. The lowest BCUT2D eigenvalue weighted by Crippen LogP contribution is -2.46. The molecule has 1 fully saturated rings. The van der Waals surface area contributed by atoms with Crippen molar-refractivity contribution in [3.63, 3.8) is 0 Å². The number of nitrogens with zero attached hydrogens (tertiary/aromatic N) is 3. The second kappa shape index (κ2) is 8.52. The Morgan fingerprint density at radius 2 is 1.81 bits per heavy atom. The topological polar surface area (TPSA) is 30.9 Å². The van der Waals surface area contributed by atoms with Gasteiger partial charge in [-0.3, -0.25) is 5.43 Å². The Labute approximate surface area is 159 Å². The number of anilines is 2. The van der Waals surface area contributed by atoms with Gasteiger partial charge in [0.1, 0.15) is 5.82 Å². The predicted molar refractivity (Wildman–Crippen MR) is 108 cm³/mol. The van der Waals surface area contributed by atoms with E-state index >= 15 is 0 Å². The molecule has 0 radical (unpaired) electrons. The van der Waals surface area contributed by atoms with Crippen molar-refractivity contribution < 1.29 is 4.39 Å². The summed E-state index contributed by atoms with van der Waals surface area (Å²) in [5.74, 6) is -0.200. The van der Waals surface area contributed by atoms with E-state index in [1.54, 1.807) is 18.2 Å². The van der Waals surface area contributed by atoms with Gasteiger partial charge in [-0.25, -0.2) is 4.39 Å². The van der Waals surface area contributed by atoms with Gasteiger partial charge >= 0.3 is 0 Å². The largest absolute Gasteiger partial charge is 0.367 e. The van der Waals surface area contributed by atoms with Crippen molar-refractivity contribution in [3.8, 4) is 0 Å². The maximum atomic E-state index is 14.6. The highest BCUT2D eigenvalue weighted by Gasteiger charge is 2.18. The number of hydrogen-bond donors (Lipinski definition) is 1. The predicted octanol–water partition coefficient (Wildman–Crippen LogP) is 4.46. The first-order chi connectivity index (χ1) is 12.6. The zero-order valence-corrected chi connectivity index (χ0v) is 15.9. The molecule has 0 unspecified atom stereocenters. The molecule has 138 valence electrons. The van der Waals surface area contributed by atoms with Gasteiger partial charge in [-0.05, 0) is 49.9 Å². The average molecular weight is 375 g/mol. The summed E-state index contributed by atoms with van der Waals surface area (Å²) in [5.41, 5.74) is 5.96. The molecule has 1 aliphatic rings. The Bertz CT molecular complexity index is 768. The number of benzene rings is 2. The van der Waals surface area contributed by atoms with Gasteiger partial charge < -0.3 is 9.80 Å². The van der Waals surface area contributed by atoms with E-state index < -0.39 is 0 Å². The molecule has 2 aromatic rings. The Morgan fingerprint density at radius 1 is 1.12 bits per heavy atom. The van der Waals surface area contributed by atoms with Crippen LogP contribution in [0.25, 0.3) is 0 Å². The molecule has 0 amide bonds. The molecule has 0 saturated carbocycles. The van der Waals surface area contributed by atoms with Crippen LogP contribution >= 0.6 is 11.6 Å². The summed E-state index contributed by atoms with van der Waals surface area (Å²) in [5, 5.41) is 5.01. The summed E-state index contributed by atoms with van der Waals surface area (Å²) >= 11 is 5.87. The van der Waals surface area contributed by atoms with Gasteiger partial charge in [0.2, 0.25) is 0 Å². The number of hydrazone groups is 1. The van der Waals surface area contributed by atoms with Crippen molar-refractivity contribution in [2.75, 3.05) is 43.0 Å². The molecular weight excluding hydrogens is 351 g/mol. The molecule has 0 bridgehead atoms. The third-order valence-electron chi connectivity index (χ3n) is 4.72. The van der Waals surface area contributed by atoms with Gasteiger partial charge in [0.15, 0.2) is 0 Å². The van der Waals surface area contributed by atoms with Crippen LogP contribution in [0.5, 0.6) is 0 Å². The van der Waals surface area contributed by atoms with Crippen LogP contribution in [-0.2, 0) is 0 Å². The van der Waals surface area contributed by atoms with Crippen molar-refractivity contribution >= 4 is 28.7 Å². The van der Waals surface area contributed by atoms with Gasteiger partial charge in [0.05, 0.1) is 17.1 Å². The first-order valence-electron chi connectivity index (χ1n) is 8.90. The minimum absolute atomic E-state index is 0.200. The van der Waals surface area contributed by atoms with Crippen LogP contribution in [0, 0.1) is 5.82 Å². The fraction of sp³-hybridized carbons (Fsp3) is 0.350. The van der Waals surface area contributed by atoms with E-state index in [1.807, 2.05) is 31.2 Å². The van der Waals surface area contributed by atoms with Crippen LogP contribution in [0.3, 0.4) is 0 Å². The summed E-state index contributed by atoms with van der Waals surface area (Å²) in [6.45, 7) is 8.73. The van der Waals surface area contributed by atoms with Crippen LogP contribution in [0.15, 0.2) is 47.6 Å². The summed E-state index contributed by atoms with van der Waals surface area (Å²) < 4.78 is 14.6. The first-order valence-corrected chi connectivity index (χ1v) is 9.27. The van der Waals surface area contributed by atoms with Gasteiger partial charge in [0.25, 0.3) is 0 Å². The minimum atomic E-state index is -0.200. The van der Waals surface area contributed by atoms with E-state index in [2.05, 4.69) is 27.3 Å². The zero-order chi connectivity index (χ0) is 18.5.